The molecule has 1 aromatic heterocycles. The van der Waals surface area contributed by atoms with Crippen molar-refractivity contribution in [2.75, 3.05) is 12.3 Å². The highest BCUT2D eigenvalue weighted by Crippen LogP contribution is 2.31. The van der Waals surface area contributed by atoms with E-state index < -0.39 is 12.0 Å². The van der Waals surface area contributed by atoms with E-state index >= 15 is 0 Å². The van der Waals surface area contributed by atoms with Crippen molar-refractivity contribution in [2.45, 2.75) is 31.2 Å². The van der Waals surface area contributed by atoms with Crippen molar-refractivity contribution in [3.63, 3.8) is 0 Å². The molecule has 116 valence electrons. The molecule has 2 unspecified atom stereocenters. The van der Waals surface area contributed by atoms with Crippen LogP contribution >= 0.6 is 34.7 Å². The second-order valence-corrected chi connectivity index (χ2v) is 7.66. The summed E-state index contributed by atoms with van der Waals surface area (Å²) >= 11 is 8.85. The molecule has 1 aliphatic rings. The van der Waals surface area contributed by atoms with Gasteiger partial charge in [0.15, 0.2) is 0 Å². The standard InChI is InChI=1S/C13H17ClN2O3S2/c1-2-11-16(9(7-20-11)12(17)18)13(19)15-6-5-8-3-4-10(14)21-8/h3-4,9,11H,2,5-7H2,1H3,(H,15,19)(H,17,18). The molecule has 5 nitrogen and oxygen atoms in total. The Hall–Kier alpha value is -0.920. The van der Waals surface area contributed by atoms with Crippen molar-refractivity contribution in [1.82, 2.24) is 10.2 Å². The number of hydrogen-bond donors (Lipinski definition) is 2. The molecule has 2 atom stereocenters. The van der Waals surface area contributed by atoms with Crippen LogP contribution in [0.5, 0.6) is 0 Å². The Bertz CT molecular complexity index is 523. The maximum atomic E-state index is 12.2. The summed E-state index contributed by atoms with van der Waals surface area (Å²) in [7, 11) is 0. The van der Waals surface area contributed by atoms with Gasteiger partial charge in [-0.3, -0.25) is 4.90 Å². The van der Waals surface area contributed by atoms with Crippen molar-refractivity contribution in [2.24, 2.45) is 0 Å². The molecule has 0 aliphatic carbocycles. The van der Waals surface area contributed by atoms with Crippen LogP contribution in [0, 0.1) is 0 Å². The van der Waals surface area contributed by atoms with Gasteiger partial charge in [0.2, 0.25) is 0 Å². The number of carboxylic acids is 1. The normalized spacial score (nSPS) is 21.5. The highest BCUT2D eigenvalue weighted by molar-refractivity contribution is 8.00. The van der Waals surface area contributed by atoms with Crippen LogP contribution in [0.2, 0.25) is 4.34 Å². The van der Waals surface area contributed by atoms with E-state index in [4.69, 9.17) is 11.6 Å². The summed E-state index contributed by atoms with van der Waals surface area (Å²) in [4.78, 5) is 26.0. The third kappa shape index (κ3) is 4.05. The van der Waals surface area contributed by atoms with E-state index in [1.165, 1.54) is 28.0 Å². The molecule has 0 saturated carbocycles. The SMILES string of the molecule is CCC1SCC(C(=O)O)N1C(=O)NCCc1ccc(Cl)s1. The van der Waals surface area contributed by atoms with Gasteiger partial charge in [-0.15, -0.1) is 23.1 Å². The fourth-order valence-corrected chi connectivity index (χ4v) is 4.64. The molecule has 8 heteroatoms. The molecule has 2 rings (SSSR count). The Kier molecular flexibility index (Phi) is 5.78. The predicted molar refractivity (Wildman–Crippen MR) is 86.2 cm³/mol. The summed E-state index contributed by atoms with van der Waals surface area (Å²) in [6.07, 6.45) is 1.43. The topological polar surface area (TPSA) is 69.6 Å². The van der Waals surface area contributed by atoms with Gasteiger partial charge in [-0.25, -0.2) is 9.59 Å². The summed E-state index contributed by atoms with van der Waals surface area (Å²) in [6, 6.07) is 2.71. The van der Waals surface area contributed by atoms with Crippen LogP contribution in [-0.2, 0) is 11.2 Å². The number of amides is 2. The van der Waals surface area contributed by atoms with Crippen LogP contribution in [-0.4, -0.2) is 45.7 Å². The minimum Gasteiger partial charge on any atom is -0.480 e. The molecule has 2 amide bonds. The number of thiophene rings is 1. The van der Waals surface area contributed by atoms with E-state index in [1.54, 1.807) is 0 Å². The van der Waals surface area contributed by atoms with Gasteiger partial charge in [0.25, 0.3) is 0 Å². The number of carbonyl (C=O) groups is 2. The Morgan fingerprint density at radius 2 is 2.29 bits per heavy atom. The van der Waals surface area contributed by atoms with Crippen molar-refractivity contribution in [1.29, 1.82) is 0 Å². The molecule has 0 aromatic carbocycles. The van der Waals surface area contributed by atoms with Crippen LogP contribution in [0.15, 0.2) is 12.1 Å². The second-order valence-electron chi connectivity index (χ2n) is 4.65. The third-order valence-corrected chi connectivity index (χ3v) is 5.98. The molecular weight excluding hydrogens is 332 g/mol. The first-order valence-corrected chi connectivity index (χ1v) is 8.92. The Morgan fingerprint density at radius 3 is 2.86 bits per heavy atom. The summed E-state index contributed by atoms with van der Waals surface area (Å²) in [5.74, 6) is -0.499. The number of rotatable bonds is 5. The molecule has 21 heavy (non-hydrogen) atoms. The first kappa shape index (κ1) is 16.5. The zero-order chi connectivity index (χ0) is 15.4. The number of aliphatic carboxylic acids is 1. The number of carbonyl (C=O) groups excluding carboxylic acids is 1. The van der Waals surface area contributed by atoms with E-state index in [9.17, 15) is 14.7 Å². The van der Waals surface area contributed by atoms with E-state index in [0.717, 1.165) is 15.6 Å². The summed E-state index contributed by atoms with van der Waals surface area (Å²) < 4.78 is 0.726. The van der Waals surface area contributed by atoms with E-state index in [1.807, 2.05) is 19.1 Å². The van der Waals surface area contributed by atoms with E-state index in [2.05, 4.69) is 5.32 Å². The highest BCUT2D eigenvalue weighted by Gasteiger charge is 2.40. The molecule has 1 saturated heterocycles. The van der Waals surface area contributed by atoms with Crippen LogP contribution in [0.1, 0.15) is 18.2 Å². The summed E-state index contributed by atoms with van der Waals surface area (Å²) in [5.41, 5.74) is 0. The minimum atomic E-state index is -0.946. The smallest absolute Gasteiger partial charge is 0.327 e. The Morgan fingerprint density at radius 1 is 1.52 bits per heavy atom. The maximum absolute atomic E-state index is 12.2. The Labute approximate surface area is 136 Å². The summed E-state index contributed by atoms with van der Waals surface area (Å²) in [5, 5.41) is 11.9. The van der Waals surface area contributed by atoms with Crippen LogP contribution in [0.4, 0.5) is 4.79 Å². The molecule has 1 fully saturated rings. The van der Waals surface area contributed by atoms with Gasteiger partial charge in [0.05, 0.1) is 9.71 Å². The van der Waals surface area contributed by atoms with Gasteiger partial charge in [-0.05, 0) is 25.0 Å². The number of carboxylic acid groups (broad SMARTS) is 1. The van der Waals surface area contributed by atoms with Crippen molar-refractivity contribution in [3.05, 3.63) is 21.3 Å². The first-order valence-electron chi connectivity index (χ1n) is 6.67. The Balaban J connectivity index is 1.89. The molecule has 1 aromatic rings. The van der Waals surface area contributed by atoms with Crippen molar-refractivity contribution < 1.29 is 14.7 Å². The molecule has 0 bridgehead atoms. The van der Waals surface area contributed by atoms with Crippen molar-refractivity contribution >= 4 is 46.7 Å². The molecule has 0 spiro atoms. The van der Waals surface area contributed by atoms with Crippen LogP contribution < -0.4 is 5.32 Å². The average Bonchev–Trinajstić information content (AvgIpc) is 3.04. The fraction of sp³-hybridized carbons (Fsp3) is 0.538. The number of halogens is 1. The van der Waals surface area contributed by atoms with Crippen molar-refractivity contribution in [3.8, 4) is 0 Å². The first-order chi connectivity index (χ1) is 10.0. The number of thioether (sulfide) groups is 1. The molecular formula is C13H17ClN2O3S2. The lowest BCUT2D eigenvalue weighted by Crippen LogP contribution is -2.50. The van der Waals surface area contributed by atoms with Gasteiger partial charge in [0, 0.05) is 17.2 Å². The minimum absolute atomic E-state index is 0.0673. The zero-order valence-corrected chi connectivity index (χ0v) is 13.9. The average molecular weight is 349 g/mol. The van der Waals surface area contributed by atoms with Gasteiger partial charge in [0.1, 0.15) is 6.04 Å². The lowest BCUT2D eigenvalue weighted by atomic mass is 10.2. The summed E-state index contributed by atoms with van der Waals surface area (Å²) in [6.45, 7) is 2.43. The number of urea groups is 1. The fourth-order valence-electron chi connectivity index (χ4n) is 2.21. The highest BCUT2D eigenvalue weighted by atomic mass is 35.5. The van der Waals surface area contributed by atoms with Crippen LogP contribution in [0.3, 0.4) is 0 Å². The molecule has 0 radical (unpaired) electrons. The molecule has 1 aliphatic heterocycles. The van der Waals surface area contributed by atoms with E-state index in [-0.39, 0.29) is 11.4 Å². The van der Waals surface area contributed by atoms with Gasteiger partial charge < -0.3 is 10.4 Å². The number of hydrogen-bond acceptors (Lipinski definition) is 4. The monoisotopic (exact) mass is 348 g/mol. The number of nitrogens with zero attached hydrogens (tertiary/aromatic N) is 1. The van der Waals surface area contributed by atoms with Crippen LogP contribution in [0.25, 0.3) is 0 Å². The molecule has 2 heterocycles. The van der Waals surface area contributed by atoms with Gasteiger partial charge in [-0.2, -0.15) is 0 Å². The zero-order valence-electron chi connectivity index (χ0n) is 11.5. The van der Waals surface area contributed by atoms with Gasteiger partial charge >= 0.3 is 12.0 Å². The third-order valence-electron chi connectivity index (χ3n) is 3.24. The number of nitrogens with one attached hydrogen (secondary N) is 1. The maximum Gasteiger partial charge on any atom is 0.327 e. The predicted octanol–water partition coefficient (Wildman–Crippen LogP) is 2.89. The van der Waals surface area contributed by atoms with Gasteiger partial charge in [-0.1, -0.05) is 18.5 Å². The quantitative estimate of drug-likeness (QED) is 0.858. The van der Waals surface area contributed by atoms with E-state index in [0.29, 0.717) is 18.7 Å². The largest absolute Gasteiger partial charge is 0.480 e. The lowest BCUT2D eigenvalue weighted by molar-refractivity contribution is -0.141. The lowest BCUT2D eigenvalue weighted by Gasteiger charge is -2.26. The second kappa shape index (κ2) is 7.38. The molecule has 2 N–H and O–H groups in total.